The van der Waals surface area contributed by atoms with Gasteiger partial charge in [0.15, 0.2) is 6.61 Å². The Kier molecular flexibility index (Phi) is 6.33. The Morgan fingerprint density at radius 2 is 2.14 bits per heavy atom. The standard InChI is InChI=1S/C15H19BrClNO3/c16-10-6-7-14(11(17)8-10)21-9-15(20)18-12-4-2-1-3-5-13(12)19/h6-8,12-13,19H,1-5,9H2,(H,18,20). The summed E-state index contributed by atoms with van der Waals surface area (Å²) < 4.78 is 6.27. The number of aliphatic hydroxyl groups excluding tert-OH is 1. The van der Waals surface area contributed by atoms with Crippen molar-refractivity contribution in [2.45, 2.75) is 44.2 Å². The number of amides is 1. The maximum atomic E-state index is 11.9. The van der Waals surface area contributed by atoms with E-state index in [2.05, 4.69) is 21.2 Å². The first kappa shape index (κ1) is 16.6. The number of ether oxygens (including phenoxy) is 1. The molecule has 1 saturated carbocycles. The molecule has 1 aromatic rings. The third-order valence-corrected chi connectivity index (χ3v) is 4.37. The zero-order valence-corrected chi connectivity index (χ0v) is 14.0. The quantitative estimate of drug-likeness (QED) is 0.793. The molecule has 2 atom stereocenters. The molecule has 2 N–H and O–H groups in total. The van der Waals surface area contributed by atoms with E-state index in [0.717, 1.165) is 36.6 Å². The molecule has 0 radical (unpaired) electrons. The SMILES string of the molecule is O=C(COc1ccc(Br)cc1Cl)NC1CCCCCC1O. The molecule has 0 saturated heterocycles. The van der Waals surface area contributed by atoms with Crippen molar-refractivity contribution in [2.75, 3.05) is 6.61 Å². The highest BCUT2D eigenvalue weighted by Gasteiger charge is 2.23. The second kappa shape index (κ2) is 8.01. The third-order valence-electron chi connectivity index (χ3n) is 3.58. The zero-order chi connectivity index (χ0) is 15.2. The molecule has 0 bridgehead atoms. The lowest BCUT2D eigenvalue weighted by Crippen LogP contribution is -2.44. The first-order valence-corrected chi connectivity index (χ1v) is 8.28. The summed E-state index contributed by atoms with van der Waals surface area (Å²) >= 11 is 9.33. The van der Waals surface area contributed by atoms with E-state index in [1.165, 1.54) is 0 Å². The second-order valence-corrected chi connectivity index (χ2v) is 6.57. The van der Waals surface area contributed by atoms with Gasteiger partial charge in [-0.3, -0.25) is 4.79 Å². The fourth-order valence-electron chi connectivity index (χ4n) is 2.44. The van der Waals surface area contributed by atoms with Crippen molar-refractivity contribution in [1.29, 1.82) is 0 Å². The van der Waals surface area contributed by atoms with Gasteiger partial charge in [-0.15, -0.1) is 0 Å². The number of nitrogens with one attached hydrogen (secondary N) is 1. The molecule has 6 heteroatoms. The summed E-state index contributed by atoms with van der Waals surface area (Å²) in [6, 6.07) is 5.04. The van der Waals surface area contributed by atoms with Crippen molar-refractivity contribution in [3.63, 3.8) is 0 Å². The van der Waals surface area contributed by atoms with E-state index in [9.17, 15) is 9.90 Å². The number of hydrogen-bond acceptors (Lipinski definition) is 3. The summed E-state index contributed by atoms with van der Waals surface area (Å²) in [5.41, 5.74) is 0. The number of halogens is 2. The summed E-state index contributed by atoms with van der Waals surface area (Å²) in [7, 11) is 0. The fourth-order valence-corrected chi connectivity index (χ4v) is 3.17. The van der Waals surface area contributed by atoms with Crippen LogP contribution in [0.15, 0.2) is 22.7 Å². The molecule has 1 aromatic carbocycles. The van der Waals surface area contributed by atoms with E-state index in [-0.39, 0.29) is 18.6 Å². The van der Waals surface area contributed by atoms with Gasteiger partial charge in [0.1, 0.15) is 5.75 Å². The molecular weight excluding hydrogens is 358 g/mol. The van der Waals surface area contributed by atoms with Gasteiger partial charge >= 0.3 is 0 Å². The van der Waals surface area contributed by atoms with E-state index in [0.29, 0.717) is 10.8 Å². The summed E-state index contributed by atoms with van der Waals surface area (Å²) in [6.07, 6.45) is 4.23. The van der Waals surface area contributed by atoms with Crippen molar-refractivity contribution >= 4 is 33.4 Å². The minimum absolute atomic E-state index is 0.107. The van der Waals surface area contributed by atoms with Crippen LogP contribution in [0.5, 0.6) is 5.75 Å². The maximum absolute atomic E-state index is 11.9. The molecule has 4 nitrogen and oxygen atoms in total. The minimum atomic E-state index is -0.465. The van der Waals surface area contributed by atoms with Gasteiger partial charge in [-0.2, -0.15) is 0 Å². The average Bonchev–Trinajstić information content (AvgIpc) is 2.63. The Balaban J connectivity index is 1.84. The second-order valence-electron chi connectivity index (χ2n) is 5.24. The number of hydrogen-bond donors (Lipinski definition) is 2. The van der Waals surface area contributed by atoms with Crippen molar-refractivity contribution < 1.29 is 14.6 Å². The summed E-state index contributed by atoms with van der Waals surface area (Å²) in [5.74, 6) is 0.233. The molecule has 2 unspecified atom stereocenters. The summed E-state index contributed by atoms with van der Waals surface area (Å²) in [5, 5.41) is 13.3. The van der Waals surface area contributed by atoms with Crippen LogP contribution in [0.1, 0.15) is 32.1 Å². The van der Waals surface area contributed by atoms with Gasteiger partial charge in [-0.1, -0.05) is 46.8 Å². The molecule has 1 aliphatic rings. The number of carbonyl (C=O) groups is 1. The van der Waals surface area contributed by atoms with Gasteiger partial charge < -0.3 is 15.2 Å². The van der Waals surface area contributed by atoms with Gasteiger partial charge in [0.25, 0.3) is 5.91 Å². The first-order chi connectivity index (χ1) is 10.1. The molecule has 1 fully saturated rings. The van der Waals surface area contributed by atoms with Crippen molar-refractivity contribution in [3.8, 4) is 5.75 Å². The lowest BCUT2D eigenvalue weighted by molar-refractivity contribution is -0.124. The molecular formula is C15H19BrClNO3. The smallest absolute Gasteiger partial charge is 0.258 e. The normalized spacial score (nSPS) is 22.4. The van der Waals surface area contributed by atoms with Crippen LogP contribution in [0.25, 0.3) is 0 Å². The van der Waals surface area contributed by atoms with Gasteiger partial charge in [-0.05, 0) is 31.0 Å². The third kappa shape index (κ3) is 5.16. The van der Waals surface area contributed by atoms with Gasteiger partial charge in [0.05, 0.1) is 17.2 Å². The predicted octanol–water partition coefficient (Wildman–Crippen LogP) is 3.29. The number of benzene rings is 1. The molecule has 0 aromatic heterocycles. The highest BCUT2D eigenvalue weighted by Crippen LogP contribution is 2.27. The zero-order valence-electron chi connectivity index (χ0n) is 11.6. The highest BCUT2D eigenvalue weighted by atomic mass is 79.9. The van der Waals surface area contributed by atoms with Gasteiger partial charge in [-0.25, -0.2) is 0 Å². The van der Waals surface area contributed by atoms with Crippen molar-refractivity contribution in [1.82, 2.24) is 5.32 Å². The van der Waals surface area contributed by atoms with E-state index in [1.54, 1.807) is 18.2 Å². The van der Waals surface area contributed by atoms with Crippen LogP contribution >= 0.6 is 27.5 Å². The monoisotopic (exact) mass is 375 g/mol. The Labute approximate surface area is 138 Å². The van der Waals surface area contributed by atoms with Crippen LogP contribution in [-0.4, -0.2) is 29.8 Å². The number of carbonyl (C=O) groups excluding carboxylic acids is 1. The number of aliphatic hydroxyl groups is 1. The lowest BCUT2D eigenvalue weighted by atomic mass is 10.1. The molecule has 2 rings (SSSR count). The Morgan fingerprint density at radius 1 is 1.38 bits per heavy atom. The summed E-state index contributed by atoms with van der Waals surface area (Å²) in [4.78, 5) is 11.9. The van der Waals surface area contributed by atoms with E-state index in [1.807, 2.05) is 0 Å². The van der Waals surface area contributed by atoms with Gasteiger partial charge in [0.2, 0.25) is 0 Å². The van der Waals surface area contributed by atoms with Crippen LogP contribution < -0.4 is 10.1 Å². The number of rotatable bonds is 4. The predicted molar refractivity (Wildman–Crippen MR) is 85.7 cm³/mol. The van der Waals surface area contributed by atoms with Crippen LogP contribution in [-0.2, 0) is 4.79 Å². The lowest BCUT2D eigenvalue weighted by Gasteiger charge is -2.21. The van der Waals surface area contributed by atoms with Crippen LogP contribution in [0.2, 0.25) is 5.02 Å². The Hall–Kier alpha value is -0.780. The fraction of sp³-hybridized carbons (Fsp3) is 0.533. The Morgan fingerprint density at radius 3 is 2.90 bits per heavy atom. The molecule has 1 amide bonds. The van der Waals surface area contributed by atoms with Gasteiger partial charge in [0, 0.05) is 4.47 Å². The first-order valence-electron chi connectivity index (χ1n) is 7.11. The highest BCUT2D eigenvalue weighted by molar-refractivity contribution is 9.10. The molecule has 1 aliphatic carbocycles. The minimum Gasteiger partial charge on any atom is -0.482 e. The van der Waals surface area contributed by atoms with E-state index < -0.39 is 6.10 Å². The average molecular weight is 377 g/mol. The van der Waals surface area contributed by atoms with Crippen molar-refractivity contribution in [2.24, 2.45) is 0 Å². The molecule has 0 spiro atoms. The molecule has 0 heterocycles. The topological polar surface area (TPSA) is 58.6 Å². The van der Waals surface area contributed by atoms with Crippen LogP contribution in [0.4, 0.5) is 0 Å². The van der Waals surface area contributed by atoms with E-state index >= 15 is 0 Å². The van der Waals surface area contributed by atoms with E-state index in [4.69, 9.17) is 16.3 Å². The van der Waals surface area contributed by atoms with Crippen LogP contribution in [0.3, 0.4) is 0 Å². The molecule has 0 aliphatic heterocycles. The molecule has 116 valence electrons. The maximum Gasteiger partial charge on any atom is 0.258 e. The largest absolute Gasteiger partial charge is 0.482 e. The molecule has 21 heavy (non-hydrogen) atoms. The van der Waals surface area contributed by atoms with Crippen molar-refractivity contribution in [3.05, 3.63) is 27.7 Å². The van der Waals surface area contributed by atoms with Crippen LogP contribution in [0, 0.1) is 0 Å². The summed E-state index contributed by atoms with van der Waals surface area (Å²) in [6.45, 7) is -0.107. The Bertz CT molecular complexity index is 498.